The van der Waals surface area contributed by atoms with Gasteiger partial charge in [0.05, 0.1) is 0 Å². The molecular weight excluding hydrogens is 252 g/mol. The highest BCUT2D eigenvalue weighted by molar-refractivity contribution is 9.10. The fourth-order valence-corrected chi connectivity index (χ4v) is 1.72. The van der Waals surface area contributed by atoms with Gasteiger partial charge in [0.25, 0.3) is 0 Å². The summed E-state index contributed by atoms with van der Waals surface area (Å²) in [5.74, 6) is 0. The van der Waals surface area contributed by atoms with Crippen LogP contribution >= 0.6 is 15.9 Å². The van der Waals surface area contributed by atoms with Crippen molar-refractivity contribution >= 4 is 27.3 Å². The van der Waals surface area contributed by atoms with Gasteiger partial charge in [-0.15, -0.1) is 0 Å². The van der Waals surface area contributed by atoms with Crippen LogP contribution in [0.25, 0.3) is 11.1 Å². The van der Waals surface area contributed by atoms with Gasteiger partial charge in [0.15, 0.2) is 0 Å². The second kappa shape index (κ2) is 3.95. The third-order valence-corrected chi connectivity index (χ3v) is 2.76. The minimum Gasteiger partial charge on any atom is -0.399 e. The van der Waals surface area contributed by atoms with Gasteiger partial charge >= 0.3 is 0 Å². The molecule has 2 nitrogen and oxygen atoms in total. The fourth-order valence-electron chi connectivity index (χ4n) is 1.45. The van der Waals surface area contributed by atoms with E-state index in [1.165, 1.54) is 0 Å². The maximum absolute atomic E-state index is 5.89. The van der Waals surface area contributed by atoms with Gasteiger partial charge in [0.1, 0.15) is 0 Å². The Morgan fingerprint density at radius 2 is 1.53 bits per heavy atom. The van der Waals surface area contributed by atoms with Crippen molar-refractivity contribution in [1.82, 2.24) is 0 Å². The van der Waals surface area contributed by atoms with Gasteiger partial charge in [-0.25, -0.2) is 0 Å². The first-order valence-corrected chi connectivity index (χ1v) is 5.37. The van der Waals surface area contributed by atoms with Crippen LogP contribution in [0.4, 0.5) is 11.4 Å². The van der Waals surface area contributed by atoms with Crippen LogP contribution in [-0.2, 0) is 0 Å². The van der Waals surface area contributed by atoms with Gasteiger partial charge < -0.3 is 11.5 Å². The topological polar surface area (TPSA) is 52.0 Å². The van der Waals surface area contributed by atoms with E-state index in [0.29, 0.717) is 0 Å². The van der Waals surface area contributed by atoms with Crippen LogP contribution in [0.3, 0.4) is 0 Å². The molecule has 0 spiro atoms. The molecule has 0 aliphatic carbocycles. The molecule has 2 rings (SSSR count). The third-order valence-electron chi connectivity index (χ3n) is 2.23. The monoisotopic (exact) mass is 262 g/mol. The molecule has 2 aromatic rings. The first-order valence-electron chi connectivity index (χ1n) is 4.58. The van der Waals surface area contributed by atoms with E-state index >= 15 is 0 Å². The third kappa shape index (κ3) is 2.13. The molecule has 0 amide bonds. The summed E-state index contributed by atoms with van der Waals surface area (Å²) in [5.41, 5.74) is 15.1. The van der Waals surface area contributed by atoms with Crippen LogP contribution in [0, 0.1) is 0 Å². The molecule has 2 aromatic carbocycles. The van der Waals surface area contributed by atoms with E-state index in [1.54, 1.807) is 6.07 Å². The number of rotatable bonds is 1. The Morgan fingerprint density at radius 3 is 2.20 bits per heavy atom. The molecule has 0 aliphatic heterocycles. The van der Waals surface area contributed by atoms with Crippen LogP contribution in [0.5, 0.6) is 0 Å². The molecule has 0 heterocycles. The quantitative estimate of drug-likeness (QED) is 0.776. The Kier molecular flexibility index (Phi) is 2.64. The van der Waals surface area contributed by atoms with E-state index in [0.717, 1.165) is 27.0 Å². The lowest BCUT2D eigenvalue weighted by Gasteiger charge is -2.06. The molecular formula is C12H11BrN2. The summed E-state index contributed by atoms with van der Waals surface area (Å²) in [6.07, 6.45) is 0. The molecule has 0 atom stereocenters. The van der Waals surface area contributed by atoms with Crippen molar-refractivity contribution < 1.29 is 0 Å². The predicted molar refractivity (Wildman–Crippen MR) is 68.4 cm³/mol. The zero-order chi connectivity index (χ0) is 10.8. The Morgan fingerprint density at radius 1 is 0.867 bits per heavy atom. The van der Waals surface area contributed by atoms with E-state index in [1.807, 2.05) is 36.4 Å². The minimum atomic E-state index is 0.724. The van der Waals surface area contributed by atoms with E-state index in [9.17, 15) is 0 Å². The molecule has 0 aromatic heterocycles. The first kappa shape index (κ1) is 10.1. The zero-order valence-corrected chi connectivity index (χ0v) is 9.66. The highest BCUT2D eigenvalue weighted by Crippen LogP contribution is 2.28. The number of hydrogen-bond donors (Lipinski definition) is 2. The summed E-state index contributed by atoms with van der Waals surface area (Å²) in [6.45, 7) is 0. The van der Waals surface area contributed by atoms with Crippen molar-refractivity contribution in [2.24, 2.45) is 0 Å². The average molecular weight is 263 g/mol. The number of nitrogens with two attached hydrogens (primary N) is 2. The second-order valence-electron chi connectivity index (χ2n) is 3.35. The number of anilines is 2. The van der Waals surface area contributed by atoms with E-state index in [2.05, 4.69) is 15.9 Å². The molecule has 0 saturated carbocycles. The SMILES string of the molecule is Nc1ccc(N)c(-c2ccc(Br)cc2)c1. The molecule has 0 fully saturated rings. The summed E-state index contributed by atoms with van der Waals surface area (Å²) in [5, 5.41) is 0. The summed E-state index contributed by atoms with van der Waals surface area (Å²) < 4.78 is 1.05. The van der Waals surface area contributed by atoms with Crippen LogP contribution in [0.15, 0.2) is 46.9 Å². The molecule has 76 valence electrons. The van der Waals surface area contributed by atoms with Gasteiger partial charge in [0.2, 0.25) is 0 Å². The highest BCUT2D eigenvalue weighted by atomic mass is 79.9. The predicted octanol–water partition coefficient (Wildman–Crippen LogP) is 3.28. The van der Waals surface area contributed by atoms with Gasteiger partial charge in [-0.05, 0) is 35.9 Å². The highest BCUT2D eigenvalue weighted by Gasteiger charge is 2.02. The molecule has 0 unspecified atom stereocenters. The van der Waals surface area contributed by atoms with Crippen LogP contribution < -0.4 is 11.5 Å². The summed E-state index contributed by atoms with van der Waals surface area (Å²) in [7, 11) is 0. The first-order chi connectivity index (χ1) is 7.16. The van der Waals surface area contributed by atoms with Gasteiger partial charge in [-0.2, -0.15) is 0 Å². The fraction of sp³-hybridized carbons (Fsp3) is 0. The Hall–Kier alpha value is -1.48. The molecule has 15 heavy (non-hydrogen) atoms. The van der Waals surface area contributed by atoms with Crippen LogP contribution in [0.2, 0.25) is 0 Å². The zero-order valence-electron chi connectivity index (χ0n) is 8.07. The smallest absolute Gasteiger partial charge is 0.0395 e. The lowest BCUT2D eigenvalue weighted by Crippen LogP contribution is -1.92. The second-order valence-corrected chi connectivity index (χ2v) is 4.27. The van der Waals surface area contributed by atoms with E-state index in [-0.39, 0.29) is 0 Å². The number of benzene rings is 2. The molecule has 3 heteroatoms. The van der Waals surface area contributed by atoms with Crippen LogP contribution in [0.1, 0.15) is 0 Å². The summed E-state index contributed by atoms with van der Waals surface area (Å²) in [4.78, 5) is 0. The molecule has 4 N–H and O–H groups in total. The molecule has 0 aliphatic rings. The van der Waals surface area contributed by atoms with E-state index < -0.39 is 0 Å². The van der Waals surface area contributed by atoms with Crippen LogP contribution in [-0.4, -0.2) is 0 Å². The maximum Gasteiger partial charge on any atom is 0.0395 e. The van der Waals surface area contributed by atoms with Crippen molar-refractivity contribution in [1.29, 1.82) is 0 Å². The minimum absolute atomic E-state index is 0.724. The molecule has 0 bridgehead atoms. The Balaban J connectivity index is 2.53. The number of hydrogen-bond acceptors (Lipinski definition) is 2. The standard InChI is InChI=1S/C12H11BrN2/c13-9-3-1-8(2-4-9)11-7-10(14)5-6-12(11)15/h1-7H,14-15H2. The van der Waals surface area contributed by atoms with Gasteiger partial charge in [-0.3, -0.25) is 0 Å². The van der Waals surface area contributed by atoms with Crippen molar-refractivity contribution in [3.8, 4) is 11.1 Å². The van der Waals surface area contributed by atoms with Gasteiger partial charge in [-0.1, -0.05) is 28.1 Å². The molecule has 0 saturated heterocycles. The van der Waals surface area contributed by atoms with Crippen molar-refractivity contribution in [3.05, 3.63) is 46.9 Å². The Bertz CT molecular complexity index is 477. The Labute approximate surface area is 97.0 Å². The summed E-state index contributed by atoms with van der Waals surface area (Å²) in [6, 6.07) is 13.5. The number of nitrogen functional groups attached to an aromatic ring is 2. The lowest BCUT2D eigenvalue weighted by molar-refractivity contribution is 1.58. The van der Waals surface area contributed by atoms with Crippen molar-refractivity contribution in [2.75, 3.05) is 11.5 Å². The molecule has 0 radical (unpaired) electrons. The normalized spacial score (nSPS) is 10.2. The average Bonchev–Trinajstić information content (AvgIpc) is 2.23. The summed E-state index contributed by atoms with van der Waals surface area (Å²) >= 11 is 3.40. The van der Waals surface area contributed by atoms with Crippen molar-refractivity contribution in [2.45, 2.75) is 0 Å². The maximum atomic E-state index is 5.89. The number of halogens is 1. The lowest BCUT2D eigenvalue weighted by atomic mass is 10.0. The van der Waals surface area contributed by atoms with E-state index in [4.69, 9.17) is 11.5 Å². The van der Waals surface area contributed by atoms with Gasteiger partial charge in [0, 0.05) is 21.4 Å². The largest absolute Gasteiger partial charge is 0.399 e. The van der Waals surface area contributed by atoms with Crippen molar-refractivity contribution in [3.63, 3.8) is 0 Å².